The highest BCUT2D eigenvalue weighted by atomic mass is 16.5. The van der Waals surface area contributed by atoms with Crippen molar-refractivity contribution in [1.82, 2.24) is 15.5 Å². The second kappa shape index (κ2) is 8.87. The molecule has 2 N–H and O–H groups in total. The van der Waals surface area contributed by atoms with Crippen LogP contribution >= 0.6 is 0 Å². The Morgan fingerprint density at radius 2 is 2.00 bits per heavy atom. The molecule has 0 aliphatic rings. The van der Waals surface area contributed by atoms with Gasteiger partial charge in [0.25, 0.3) is 0 Å². The summed E-state index contributed by atoms with van der Waals surface area (Å²) in [7, 11) is 0. The van der Waals surface area contributed by atoms with Crippen LogP contribution in [0.1, 0.15) is 46.0 Å². The maximum Gasteiger partial charge on any atom is 0.315 e. The van der Waals surface area contributed by atoms with E-state index in [1.807, 2.05) is 13.8 Å². The van der Waals surface area contributed by atoms with Crippen LogP contribution in [-0.4, -0.2) is 36.5 Å². The van der Waals surface area contributed by atoms with Crippen LogP contribution in [0.4, 0.5) is 6.01 Å². The molecule has 0 saturated heterocycles. The number of ether oxygens (including phenoxy) is 1. The van der Waals surface area contributed by atoms with E-state index in [0.717, 1.165) is 19.6 Å². The van der Waals surface area contributed by atoms with Gasteiger partial charge in [0.1, 0.15) is 0 Å². The first-order valence-corrected chi connectivity index (χ1v) is 7.01. The van der Waals surface area contributed by atoms with Crippen LogP contribution in [0, 0.1) is 5.92 Å². The number of hydrogen-bond acceptors (Lipinski definition) is 6. The predicted molar refractivity (Wildman–Crippen MR) is 75.2 cm³/mol. The molecular formula is C13H26N4O2. The minimum Gasteiger partial charge on any atom is -0.406 e. The van der Waals surface area contributed by atoms with E-state index < -0.39 is 0 Å². The van der Waals surface area contributed by atoms with Gasteiger partial charge in [-0.05, 0) is 25.8 Å². The summed E-state index contributed by atoms with van der Waals surface area (Å²) in [5, 5.41) is 14.2. The van der Waals surface area contributed by atoms with E-state index in [1.165, 1.54) is 0 Å². The Kier molecular flexibility index (Phi) is 7.43. The molecule has 19 heavy (non-hydrogen) atoms. The molecule has 0 amide bonds. The van der Waals surface area contributed by atoms with Crippen molar-refractivity contribution in [3.05, 3.63) is 5.89 Å². The standard InChI is InChI=1S/C13H26N4O2/c1-5-14-11(4)12-16-17-13(19-12)15-7-9-18-8-6-10(2)3/h10-11,14H,5-9H2,1-4H3,(H,15,17). The molecule has 110 valence electrons. The Hall–Kier alpha value is -1.14. The van der Waals surface area contributed by atoms with E-state index in [2.05, 4.69) is 34.7 Å². The maximum absolute atomic E-state index is 5.49. The minimum atomic E-state index is 0.0790. The minimum absolute atomic E-state index is 0.0790. The highest BCUT2D eigenvalue weighted by Crippen LogP contribution is 2.12. The summed E-state index contributed by atoms with van der Waals surface area (Å²) < 4.78 is 11.0. The third-order valence-corrected chi connectivity index (χ3v) is 2.68. The lowest BCUT2D eigenvalue weighted by Crippen LogP contribution is -2.17. The van der Waals surface area contributed by atoms with Gasteiger partial charge in [0, 0.05) is 13.2 Å². The van der Waals surface area contributed by atoms with Gasteiger partial charge in [-0.1, -0.05) is 25.9 Å². The van der Waals surface area contributed by atoms with Gasteiger partial charge in [-0.3, -0.25) is 0 Å². The molecule has 0 fully saturated rings. The Morgan fingerprint density at radius 3 is 2.68 bits per heavy atom. The topological polar surface area (TPSA) is 72.2 Å². The molecule has 1 aromatic heterocycles. The molecule has 0 aliphatic heterocycles. The molecule has 6 nitrogen and oxygen atoms in total. The lowest BCUT2D eigenvalue weighted by molar-refractivity contribution is 0.132. The van der Waals surface area contributed by atoms with E-state index in [1.54, 1.807) is 0 Å². The van der Waals surface area contributed by atoms with E-state index in [-0.39, 0.29) is 6.04 Å². The molecule has 0 aromatic carbocycles. The zero-order valence-corrected chi connectivity index (χ0v) is 12.4. The van der Waals surface area contributed by atoms with Crippen LogP contribution < -0.4 is 10.6 Å². The van der Waals surface area contributed by atoms with Crippen LogP contribution in [0.2, 0.25) is 0 Å². The summed E-state index contributed by atoms with van der Waals surface area (Å²) >= 11 is 0. The Labute approximate surface area is 115 Å². The monoisotopic (exact) mass is 270 g/mol. The van der Waals surface area contributed by atoms with Gasteiger partial charge in [-0.25, -0.2) is 0 Å². The number of hydrogen-bond donors (Lipinski definition) is 2. The lowest BCUT2D eigenvalue weighted by atomic mass is 10.1. The predicted octanol–water partition coefficient (Wildman–Crippen LogP) is 2.21. The van der Waals surface area contributed by atoms with Crippen LogP contribution in [0.25, 0.3) is 0 Å². The van der Waals surface area contributed by atoms with Crippen molar-refractivity contribution in [1.29, 1.82) is 0 Å². The summed E-state index contributed by atoms with van der Waals surface area (Å²) in [6.45, 7) is 11.4. The largest absolute Gasteiger partial charge is 0.406 e. The lowest BCUT2D eigenvalue weighted by Gasteiger charge is -2.07. The van der Waals surface area contributed by atoms with Crippen LogP contribution in [-0.2, 0) is 4.74 Å². The van der Waals surface area contributed by atoms with Crippen molar-refractivity contribution in [2.75, 3.05) is 31.6 Å². The molecule has 1 atom stereocenters. The molecule has 0 bridgehead atoms. The SMILES string of the molecule is CCNC(C)c1nnc(NCCOCCC(C)C)o1. The van der Waals surface area contributed by atoms with Gasteiger partial charge < -0.3 is 19.8 Å². The average molecular weight is 270 g/mol. The van der Waals surface area contributed by atoms with Crippen LogP contribution in [0.15, 0.2) is 4.42 Å². The average Bonchev–Trinajstić information content (AvgIpc) is 2.82. The normalized spacial score (nSPS) is 12.9. The van der Waals surface area contributed by atoms with Gasteiger partial charge >= 0.3 is 6.01 Å². The number of rotatable bonds is 10. The Bertz CT molecular complexity index is 341. The molecule has 1 rings (SSSR count). The first-order valence-electron chi connectivity index (χ1n) is 7.01. The summed E-state index contributed by atoms with van der Waals surface area (Å²) in [6.07, 6.45) is 1.09. The summed E-state index contributed by atoms with van der Waals surface area (Å²) in [5.41, 5.74) is 0. The fourth-order valence-corrected chi connectivity index (χ4v) is 1.53. The Balaban J connectivity index is 2.16. The summed E-state index contributed by atoms with van der Waals surface area (Å²) in [5.74, 6) is 1.28. The maximum atomic E-state index is 5.49. The van der Waals surface area contributed by atoms with Crippen molar-refractivity contribution < 1.29 is 9.15 Å². The van der Waals surface area contributed by atoms with E-state index in [4.69, 9.17) is 9.15 Å². The molecule has 1 heterocycles. The van der Waals surface area contributed by atoms with E-state index in [0.29, 0.717) is 31.0 Å². The number of nitrogens with one attached hydrogen (secondary N) is 2. The van der Waals surface area contributed by atoms with E-state index >= 15 is 0 Å². The quantitative estimate of drug-likeness (QED) is 0.635. The third kappa shape index (κ3) is 6.54. The number of nitrogens with zero attached hydrogens (tertiary/aromatic N) is 2. The van der Waals surface area contributed by atoms with E-state index in [9.17, 15) is 0 Å². The highest BCUT2D eigenvalue weighted by Gasteiger charge is 2.12. The van der Waals surface area contributed by atoms with Crippen molar-refractivity contribution >= 4 is 6.01 Å². The van der Waals surface area contributed by atoms with Crippen molar-refractivity contribution in [2.45, 2.75) is 40.2 Å². The fraction of sp³-hybridized carbons (Fsp3) is 0.846. The summed E-state index contributed by atoms with van der Waals surface area (Å²) in [6, 6.07) is 0.530. The third-order valence-electron chi connectivity index (χ3n) is 2.68. The molecule has 6 heteroatoms. The molecule has 0 saturated carbocycles. The van der Waals surface area contributed by atoms with Crippen molar-refractivity contribution in [3.63, 3.8) is 0 Å². The zero-order chi connectivity index (χ0) is 14.1. The Morgan fingerprint density at radius 1 is 1.21 bits per heavy atom. The number of anilines is 1. The first kappa shape index (κ1) is 15.9. The molecule has 1 aromatic rings. The molecular weight excluding hydrogens is 244 g/mol. The summed E-state index contributed by atoms with van der Waals surface area (Å²) in [4.78, 5) is 0. The number of aromatic nitrogens is 2. The molecule has 1 unspecified atom stereocenters. The highest BCUT2D eigenvalue weighted by molar-refractivity contribution is 5.16. The molecule has 0 aliphatic carbocycles. The smallest absolute Gasteiger partial charge is 0.315 e. The molecule has 0 radical (unpaired) electrons. The fourth-order valence-electron chi connectivity index (χ4n) is 1.53. The van der Waals surface area contributed by atoms with Gasteiger partial charge in [0.2, 0.25) is 5.89 Å². The van der Waals surface area contributed by atoms with Gasteiger partial charge in [-0.15, -0.1) is 5.10 Å². The zero-order valence-electron chi connectivity index (χ0n) is 12.4. The second-order valence-electron chi connectivity index (χ2n) is 4.95. The van der Waals surface area contributed by atoms with Gasteiger partial charge in [0.15, 0.2) is 0 Å². The van der Waals surface area contributed by atoms with Crippen molar-refractivity contribution in [3.8, 4) is 0 Å². The van der Waals surface area contributed by atoms with Crippen LogP contribution in [0.3, 0.4) is 0 Å². The van der Waals surface area contributed by atoms with Gasteiger partial charge in [-0.2, -0.15) is 0 Å². The second-order valence-corrected chi connectivity index (χ2v) is 4.95. The first-order chi connectivity index (χ1) is 9.13. The van der Waals surface area contributed by atoms with Crippen LogP contribution in [0.5, 0.6) is 0 Å². The van der Waals surface area contributed by atoms with Crippen molar-refractivity contribution in [2.24, 2.45) is 5.92 Å². The van der Waals surface area contributed by atoms with Gasteiger partial charge in [0.05, 0.1) is 12.6 Å². The molecule has 0 spiro atoms.